The van der Waals surface area contributed by atoms with E-state index in [0.29, 0.717) is 17.9 Å². The van der Waals surface area contributed by atoms with Crippen LogP contribution >= 0.6 is 11.8 Å². The Kier molecular flexibility index (Phi) is 7.13. The van der Waals surface area contributed by atoms with Gasteiger partial charge in [-0.25, -0.2) is 17.2 Å². The lowest BCUT2D eigenvalue weighted by Gasteiger charge is -2.16. The van der Waals surface area contributed by atoms with E-state index in [4.69, 9.17) is 0 Å². The maximum atomic E-state index is 13.3. The van der Waals surface area contributed by atoms with Crippen molar-refractivity contribution in [2.75, 3.05) is 12.9 Å². The zero-order chi connectivity index (χ0) is 19.2. The van der Waals surface area contributed by atoms with Crippen molar-refractivity contribution in [1.29, 1.82) is 0 Å². The summed E-state index contributed by atoms with van der Waals surface area (Å²) in [5.74, 6) is -2.53. The summed E-state index contributed by atoms with van der Waals surface area (Å²) in [5, 5.41) is 0. The van der Waals surface area contributed by atoms with Crippen LogP contribution in [-0.4, -0.2) is 33.3 Å². The van der Waals surface area contributed by atoms with Gasteiger partial charge in [0.1, 0.15) is 6.04 Å². The number of thioether (sulfide) groups is 1. The summed E-state index contributed by atoms with van der Waals surface area (Å²) < 4.78 is 57.8. The third kappa shape index (κ3) is 5.52. The van der Waals surface area contributed by atoms with Crippen molar-refractivity contribution in [3.8, 4) is 0 Å². The van der Waals surface area contributed by atoms with Gasteiger partial charge in [-0.3, -0.25) is 4.79 Å². The van der Waals surface area contributed by atoms with Crippen LogP contribution in [0.3, 0.4) is 0 Å². The zero-order valence-corrected chi connectivity index (χ0v) is 15.4. The van der Waals surface area contributed by atoms with Crippen molar-refractivity contribution in [2.45, 2.75) is 16.7 Å². The van der Waals surface area contributed by atoms with Crippen LogP contribution in [0.5, 0.6) is 0 Å². The van der Waals surface area contributed by atoms with E-state index >= 15 is 0 Å². The van der Waals surface area contributed by atoms with Crippen LogP contribution in [0.25, 0.3) is 0 Å². The molecule has 0 saturated heterocycles. The number of carbonyl (C=O) groups excluding carboxylic acids is 1. The summed E-state index contributed by atoms with van der Waals surface area (Å²) in [6.45, 7) is 0. The SMILES string of the molecule is COC(=O)C(CSCc1ccccc1)NS(=O)(=O)c1ccc(F)c(F)c1. The van der Waals surface area contributed by atoms with Crippen molar-refractivity contribution < 1.29 is 26.7 Å². The van der Waals surface area contributed by atoms with Gasteiger partial charge in [-0.2, -0.15) is 16.5 Å². The summed E-state index contributed by atoms with van der Waals surface area (Å²) in [5.41, 5.74) is 1.02. The van der Waals surface area contributed by atoms with Crippen LogP contribution in [0.1, 0.15) is 5.56 Å². The molecule has 0 spiro atoms. The Morgan fingerprint density at radius 3 is 2.46 bits per heavy atom. The molecule has 0 radical (unpaired) electrons. The van der Waals surface area contributed by atoms with Gasteiger partial charge >= 0.3 is 5.97 Å². The van der Waals surface area contributed by atoms with Gasteiger partial charge in [0, 0.05) is 11.5 Å². The average molecular weight is 401 g/mol. The molecular formula is C17H17F2NO4S2. The van der Waals surface area contributed by atoms with E-state index in [1.54, 1.807) is 0 Å². The van der Waals surface area contributed by atoms with Gasteiger partial charge in [0.15, 0.2) is 11.6 Å². The maximum Gasteiger partial charge on any atom is 0.324 e. The fraction of sp³-hybridized carbons (Fsp3) is 0.235. The molecule has 140 valence electrons. The molecule has 0 aliphatic rings. The number of methoxy groups -OCH3 is 1. The van der Waals surface area contributed by atoms with Gasteiger partial charge < -0.3 is 4.74 Å². The van der Waals surface area contributed by atoms with Crippen molar-refractivity contribution in [3.05, 3.63) is 65.7 Å². The normalized spacial score (nSPS) is 12.6. The predicted octanol–water partition coefficient (Wildman–Crippen LogP) is 2.72. The van der Waals surface area contributed by atoms with Crippen molar-refractivity contribution in [2.24, 2.45) is 0 Å². The minimum Gasteiger partial charge on any atom is -0.468 e. The Balaban J connectivity index is 2.08. The van der Waals surface area contributed by atoms with Crippen LogP contribution in [-0.2, 0) is 25.3 Å². The number of nitrogens with one attached hydrogen (secondary N) is 1. The molecule has 0 heterocycles. The first-order valence-corrected chi connectivity index (χ1v) is 10.1. The van der Waals surface area contributed by atoms with E-state index in [0.717, 1.165) is 18.7 Å². The smallest absolute Gasteiger partial charge is 0.324 e. The second-order valence-corrected chi connectivity index (χ2v) is 8.02. The molecule has 0 aliphatic heterocycles. The van der Waals surface area contributed by atoms with Gasteiger partial charge in [-0.1, -0.05) is 30.3 Å². The molecule has 5 nitrogen and oxygen atoms in total. The topological polar surface area (TPSA) is 72.5 Å². The molecule has 1 unspecified atom stereocenters. The number of ether oxygens (including phenoxy) is 1. The number of rotatable bonds is 8. The monoisotopic (exact) mass is 401 g/mol. The second-order valence-electron chi connectivity index (χ2n) is 5.27. The summed E-state index contributed by atoms with van der Waals surface area (Å²) in [7, 11) is -3.08. The molecule has 0 amide bonds. The first-order valence-electron chi connectivity index (χ1n) is 7.50. The summed E-state index contributed by atoms with van der Waals surface area (Å²) in [4.78, 5) is 11.4. The van der Waals surface area contributed by atoms with Gasteiger partial charge in [0.2, 0.25) is 10.0 Å². The number of hydrogen-bond donors (Lipinski definition) is 1. The highest BCUT2D eigenvalue weighted by Crippen LogP contribution is 2.17. The van der Waals surface area contributed by atoms with E-state index < -0.39 is 38.6 Å². The van der Waals surface area contributed by atoms with E-state index in [-0.39, 0.29) is 5.75 Å². The number of benzene rings is 2. The molecule has 2 aromatic carbocycles. The van der Waals surface area contributed by atoms with E-state index in [1.807, 2.05) is 30.3 Å². The number of sulfonamides is 1. The fourth-order valence-electron chi connectivity index (χ4n) is 2.06. The first-order chi connectivity index (χ1) is 12.3. The van der Waals surface area contributed by atoms with Gasteiger partial charge in [-0.05, 0) is 23.8 Å². The Labute approximate surface area is 154 Å². The van der Waals surface area contributed by atoms with Crippen LogP contribution in [0.2, 0.25) is 0 Å². The number of hydrogen-bond acceptors (Lipinski definition) is 5. The molecule has 1 N–H and O–H groups in total. The molecule has 0 bridgehead atoms. The van der Waals surface area contributed by atoms with E-state index in [2.05, 4.69) is 9.46 Å². The standard InChI is InChI=1S/C17H17F2NO4S2/c1-24-17(21)16(11-25-10-12-5-3-2-4-6-12)20-26(22,23)13-7-8-14(18)15(19)9-13/h2-9,16,20H,10-11H2,1H3. The van der Waals surface area contributed by atoms with Gasteiger partial charge in [0.25, 0.3) is 0 Å². The molecule has 0 saturated carbocycles. The number of halogens is 2. The quantitative estimate of drug-likeness (QED) is 0.689. The van der Waals surface area contributed by atoms with Crippen LogP contribution in [0.4, 0.5) is 8.78 Å². The van der Waals surface area contributed by atoms with Crippen molar-refractivity contribution in [1.82, 2.24) is 4.72 Å². The largest absolute Gasteiger partial charge is 0.468 e. The highest BCUT2D eigenvalue weighted by Gasteiger charge is 2.27. The molecule has 1 atom stereocenters. The molecule has 9 heteroatoms. The Bertz CT molecular complexity index is 860. The van der Waals surface area contributed by atoms with Gasteiger partial charge in [-0.15, -0.1) is 0 Å². The highest BCUT2D eigenvalue weighted by molar-refractivity contribution is 7.98. The molecule has 0 fully saturated rings. The lowest BCUT2D eigenvalue weighted by atomic mass is 10.2. The second kappa shape index (κ2) is 9.11. The molecule has 26 heavy (non-hydrogen) atoms. The van der Waals surface area contributed by atoms with Gasteiger partial charge in [0.05, 0.1) is 12.0 Å². The molecule has 0 aliphatic carbocycles. The van der Waals surface area contributed by atoms with E-state index in [9.17, 15) is 22.0 Å². The number of esters is 1. The summed E-state index contributed by atoms with van der Waals surface area (Å²) in [6.07, 6.45) is 0. The van der Waals surface area contributed by atoms with Crippen LogP contribution in [0, 0.1) is 11.6 Å². The minimum absolute atomic E-state index is 0.116. The zero-order valence-electron chi connectivity index (χ0n) is 13.8. The van der Waals surface area contributed by atoms with E-state index in [1.165, 1.54) is 11.8 Å². The Hall–Kier alpha value is -1.97. The highest BCUT2D eigenvalue weighted by atomic mass is 32.2. The Morgan fingerprint density at radius 1 is 1.15 bits per heavy atom. The lowest BCUT2D eigenvalue weighted by Crippen LogP contribution is -2.43. The third-order valence-corrected chi connectivity index (χ3v) is 5.96. The molecular weight excluding hydrogens is 384 g/mol. The average Bonchev–Trinajstić information content (AvgIpc) is 2.63. The van der Waals surface area contributed by atoms with Crippen LogP contribution < -0.4 is 4.72 Å². The predicted molar refractivity (Wildman–Crippen MR) is 95.1 cm³/mol. The molecule has 0 aromatic heterocycles. The first kappa shape index (κ1) is 20.3. The third-order valence-electron chi connectivity index (χ3n) is 3.38. The van der Waals surface area contributed by atoms with Crippen LogP contribution in [0.15, 0.2) is 53.4 Å². The lowest BCUT2D eigenvalue weighted by molar-refractivity contribution is -0.141. The Morgan fingerprint density at radius 2 is 1.85 bits per heavy atom. The molecule has 2 aromatic rings. The molecule has 2 rings (SSSR count). The van der Waals surface area contributed by atoms with Crippen molar-refractivity contribution in [3.63, 3.8) is 0 Å². The van der Waals surface area contributed by atoms with Crippen molar-refractivity contribution >= 4 is 27.8 Å². The summed E-state index contributed by atoms with van der Waals surface area (Å²) >= 11 is 1.34. The summed E-state index contributed by atoms with van der Waals surface area (Å²) in [6, 6.07) is 10.5. The fourth-order valence-corrected chi connectivity index (χ4v) is 4.36. The number of carbonyl (C=O) groups is 1. The minimum atomic E-state index is -4.22. The maximum absolute atomic E-state index is 13.3.